The third kappa shape index (κ3) is 5.22. The average Bonchev–Trinajstić information content (AvgIpc) is 3.46. The van der Waals surface area contributed by atoms with Crippen LogP contribution < -0.4 is 0 Å². The van der Waals surface area contributed by atoms with E-state index in [0.29, 0.717) is 12.2 Å². The molecule has 4 rings (SSSR count). The van der Waals surface area contributed by atoms with Crippen LogP contribution in [0, 0.1) is 5.41 Å². The second-order valence-electron chi connectivity index (χ2n) is 8.85. The van der Waals surface area contributed by atoms with Gasteiger partial charge in [-0.15, -0.1) is 0 Å². The van der Waals surface area contributed by atoms with Crippen molar-refractivity contribution in [3.05, 3.63) is 77.2 Å². The Labute approximate surface area is 185 Å². The standard InChI is InChI=1S/C28H32N2O/c1-3-29-17-16-28(14-15-28)27(31)11-7-8-22-18-21(2)12-13-25-24(19-22)20-26(30-25)23-9-5-4-6-10-23/h3-6,9-10,16-20,30H,7-8,11-15H2,1-2H3. The first-order chi connectivity index (χ1) is 15.1. The van der Waals surface area contributed by atoms with Crippen molar-refractivity contribution in [3.63, 3.8) is 0 Å². The molecule has 3 heteroatoms. The molecule has 0 amide bonds. The maximum atomic E-state index is 12.8. The SMILES string of the molecule is CC=NC=CC1(C(=O)CCCC2=Cc3cc(-c4ccccc4)[nH]c3CCC(C)=C2)CC1. The van der Waals surface area contributed by atoms with E-state index < -0.39 is 0 Å². The summed E-state index contributed by atoms with van der Waals surface area (Å²) in [5, 5.41) is 0. The summed E-state index contributed by atoms with van der Waals surface area (Å²) in [5.41, 5.74) is 7.47. The Kier molecular flexibility index (Phi) is 6.50. The summed E-state index contributed by atoms with van der Waals surface area (Å²) >= 11 is 0. The second kappa shape index (κ2) is 9.47. The molecular weight excluding hydrogens is 380 g/mol. The highest BCUT2D eigenvalue weighted by atomic mass is 16.1. The summed E-state index contributed by atoms with van der Waals surface area (Å²) < 4.78 is 0. The largest absolute Gasteiger partial charge is 0.358 e. The minimum Gasteiger partial charge on any atom is -0.358 e. The van der Waals surface area contributed by atoms with Gasteiger partial charge in [-0.3, -0.25) is 9.79 Å². The van der Waals surface area contributed by atoms with E-state index in [1.54, 1.807) is 12.4 Å². The molecule has 31 heavy (non-hydrogen) atoms. The highest BCUT2D eigenvalue weighted by Crippen LogP contribution is 2.49. The maximum Gasteiger partial charge on any atom is 0.142 e. The van der Waals surface area contributed by atoms with Gasteiger partial charge in [0.15, 0.2) is 0 Å². The van der Waals surface area contributed by atoms with Crippen molar-refractivity contribution in [2.75, 3.05) is 0 Å². The Balaban J connectivity index is 1.45. The second-order valence-corrected chi connectivity index (χ2v) is 8.85. The summed E-state index contributed by atoms with van der Waals surface area (Å²) in [6.45, 7) is 4.10. The van der Waals surface area contributed by atoms with E-state index in [9.17, 15) is 4.79 Å². The lowest BCUT2D eigenvalue weighted by Gasteiger charge is -2.12. The number of Topliss-reactive ketones (excluding diaryl/α,β-unsaturated/α-hetero) is 1. The van der Waals surface area contributed by atoms with Gasteiger partial charge < -0.3 is 4.98 Å². The predicted octanol–water partition coefficient (Wildman–Crippen LogP) is 7.08. The first-order valence-electron chi connectivity index (χ1n) is 11.4. The number of ketones is 1. The van der Waals surface area contributed by atoms with Gasteiger partial charge in [0, 0.05) is 35.6 Å². The molecular formula is C28H32N2O. The van der Waals surface area contributed by atoms with Crippen LogP contribution in [0.1, 0.15) is 63.6 Å². The highest BCUT2D eigenvalue weighted by molar-refractivity contribution is 5.89. The van der Waals surface area contributed by atoms with E-state index in [-0.39, 0.29) is 5.41 Å². The number of hydrogen-bond acceptors (Lipinski definition) is 2. The molecule has 1 saturated carbocycles. The molecule has 2 aromatic rings. The van der Waals surface area contributed by atoms with Gasteiger partial charge in [-0.05, 0) is 81.2 Å². The summed E-state index contributed by atoms with van der Waals surface area (Å²) in [7, 11) is 0. The molecule has 0 bridgehead atoms. The van der Waals surface area contributed by atoms with E-state index in [4.69, 9.17) is 0 Å². The van der Waals surface area contributed by atoms with E-state index in [0.717, 1.165) is 38.5 Å². The molecule has 1 N–H and O–H groups in total. The molecule has 0 saturated heterocycles. The quantitative estimate of drug-likeness (QED) is 0.463. The lowest BCUT2D eigenvalue weighted by molar-refractivity contribution is -0.122. The number of nitrogens with zero attached hydrogens (tertiary/aromatic N) is 1. The van der Waals surface area contributed by atoms with Crippen LogP contribution in [0.25, 0.3) is 17.3 Å². The molecule has 3 nitrogen and oxygen atoms in total. The number of aliphatic imine (C=N–C) groups is 1. The number of carbonyl (C=O) groups is 1. The van der Waals surface area contributed by atoms with Gasteiger partial charge in [0.2, 0.25) is 0 Å². The van der Waals surface area contributed by atoms with Crippen molar-refractivity contribution in [2.24, 2.45) is 10.4 Å². The van der Waals surface area contributed by atoms with Crippen LogP contribution in [0.5, 0.6) is 0 Å². The summed E-state index contributed by atoms with van der Waals surface area (Å²) in [4.78, 5) is 20.5. The maximum absolute atomic E-state index is 12.8. The number of rotatable bonds is 8. The van der Waals surface area contributed by atoms with Crippen LogP contribution in [0.3, 0.4) is 0 Å². The third-order valence-electron chi connectivity index (χ3n) is 6.40. The van der Waals surface area contributed by atoms with Gasteiger partial charge in [-0.25, -0.2) is 0 Å². The highest BCUT2D eigenvalue weighted by Gasteiger charge is 2.46. The molecule has 1 fully saturated rings. The van der Waals surface area contributed by atoms with Crippen molar-refractivity contribution in [3.8, 4) is 11.3 Å². The Bertz CT molecular complexity index is 1050. The Hall–Kier alpha value is -2.94. The van der Waals surface area contributed by atoms with Gasteiger partial charge in [-0.1, -0.05) is 48.1 Å². The smallest absolute Gasteiger partial charge is 0.142 e. The van der Waals surface area contributed by atoms with Gasteiger partial charge in [0.05, 0.1) is 0 Å². The molecule has 2 aliphatic rings. The predicted molar refractivity (Wildman–Crippen MR) is 130 cm³/mol. The fourth-order valence-corrected chi connectivity index (χ4v) is 4.37. The first-order valence-corrected chi connectivity index (χ1v) is 11.4. The molecule has 2 aliphatic carbocycles. The van der Waals surface area contributed by atoms with E-state index in [1.807, 2.05) is 19.1 Å². The fourth-order valence-electron chi connectivity index (χ4n) is 4.37. The molecule has 160 valence electrons. The molecule has 1 heterocycles. The summed E-state index contributed by atoms with van der Waals surface area (Å²) in [6, 6.07) is 12.8. The fraction of sp³-hybridized carbons (Fsp3) is 0.357. The average molecular weight is 413 g/mol. The lowest BCUT2D eigenvalue weighted by Crippen LogP contribution is -2.12. The number of H-pyrrole nitrogens is 1. The minimum absolute atomic E-state index is 0.230. The Morgan fingerprint density at radius 3 is 2.71 bits per heavy atom. The number of hydrogen-bond donors (Lipinski definition) is 1. The molecule has 0 atom stereocenters. The van der Waals surface area contributed by atoms with Crippen LogP contribution in [0.15, 0.2) is 70.9 Å². The van der Waals surface area contributed by atoms with Crippen LogP contribution in [0.4, 0.5) is 0 Å². The van der Waals surface area contributed by atoms with Crippen LogP contribution in [0.2, 0.25) is 0 Å². The van der Waals surface area contributed by atoms with Gasteiger partial charge in [0.25, 0.3) is 0 Å². The number of aromatic amines is 1. The number of allylic oxidation sites excluding steroid dienone is 4. The monoisotopic (exact) mass is 412 g/mol. The van der Waals surface area contributed by atoms with Crippen molar-refractivity contribution < 1.29 is 4.79 Å². The molecule has 1 aromatic carbocycles. The van der Waals surface area contributed by atoms with Crippen molar-refractivity contribution in [1.29, 1.82) is 0 Å². The number of benzene rings is 1. The number of aryl methyl sites for hydroxylation is 1. The van der Waals surface area contributed by atoms with Crippen LogP contribution >= 0.6 is 0 Å². The molecule has 0 unspecified atom stereocenters. The summed E-state index contributed by atoms with van der Waals surface area (Å²) in [5.74, 6) is 0.371. The normalized spacial score (nSPS) is 17.7. The van der Waals surface area contributed by atoms with Crippen LogP contribution in [-0.2, 0) is 11.2 Å². The number of carbonyl (C=O) groups excluding carboxylic acids is 1. The van der Waals surface area contributed by atoms with E-state index in [1.165, 1.54) is 33.7 Å². The minimum atomic E-state index is -0.230. The van der Waals surface area contributed by atoms with Crippen molar-refractivity contribution >= 4 is 18.1 Å². The number of aromatic nitrogens is 1. The number of nitrogens with one attached hydrogen (secondary N) is 1. The van der Waals surface area contributed by atoms with E-state index in [2.05, 4.69) is 59.4 Å². The van der Waals surface area contributed by atoms with Gasteiger partial charge >= 0.3 is 0 Å². The molecule has 1 aromatic heterocycles. The van der Waals surface area contributed by atoms with Crippen molar-refractivity contribution in [2.45, 2.75) is 58.8 Å². The van der Waals surface area contributed by atoms with E-state index >= 15 is 0 Å². The zero-order valence-electron chi connectivity index (χ0n) is 18.7. The number of fused-ring (bicyclic) bond motifs is 1. The topological polar surface area (TPSA) is 45.2 Å². The Morgan fingerprint density at radius 2 is 1.97 bits per heavy atom. The zero-order chi connectivity index (χ0) is 21.7. The molecule has 0 spiro atoms. The molecule has 0 radical (unpaired) electrons. The first kappa shape index (κ1) is 21.3. The molecule has 0 aliphatic heterocycles. The Morgan fingerprint density at radius 1 is 1.16 bits per heavy atom. The van der Waals surface area contributed by atoms with Gasteiger partial charge in [-0.2, -0.15) is 0 Å². The van der Waals surface area contributed by atoms with Crippen LogP contribution in [-0.4, -0.2) is 17.0 Å². The van der Waals surface area contributed by atoms with Crippen molar-refractivity contribution in [1.82, 2.24) is 4.98 Å². The van der Waals surface area contributed by atoms with Gasteiger partial charge in [0.1, 0.15) is 5.78 Å². The lowest BCUT2D eigenvalue weighted by atomic mass is 9.93. The zero-order valence-corrected chi connectivity index (χ0v) is 18.7. The summed E-state index contributed by atoms with van der Waals surface area (Å²) in [6.07, 6.45) is 16.7. The third-order valence-corrected chi connectivity index (χ3v) is 6.40.